The molecule has 1 heterocycles. The van der Waals surface area contributed by atoms with Crippen LogP contribution in [0, 0.1) is 5.82 Å². The van der Waals surface area contributed by atoms with Crippen LogP contribution in [0.15, 0.2) is 24.3 Å². The van der Waals surface area contributed by atoms with Gasteiger partial charge in [0, 0.05) is 19.2 Å². The zero-order valence-electron chi connectivity index (χ0n) is 10.8. The highest BCUT2D eigenvalue weighted by Crippen LogP contribution is 2.34. The first-order valence-corrected chi connectivity index (χ1v) is 7.60. The van der Waals surface area contributed by atoms with Crippen LogP contribution in [0.3, 0.4) is 0 Å². The zero-order valence-corrected chi connectivity index (χ0v) is 11.7. The van der Waals surface area contributed by atoms with Crippen LogP contribution in [-0.2, 0) is 14.9 Å². The van der Waals surface area contributed by atoms with E-state index in [0.29, 0.717) is 12.1 Å². The van der Waals surface area contributed by atoms with E-state index in [0.717, 1.165) is 0 Å². The van der Waals surface area contributed by atoms with Crippen LogP contribution in [0.1, 0.15) is 18.5 Å². The minimum Gasteiger partial charge on any atom is -0.297 e. The lowest BCUT2D eigenvalue weighted by Gasteiger charge is -2.23. The van der Waals surface area contributed by atoms with Crippen molar-refractivity contribution in [2.45, 2.75) is 18.2 Å². The van der Waals surface area contributed by atoms with Crippen molar-refractivity contribution in [3.05, 3.63) is 35.6 Å². The van der Waals surface area contributed by atoms with E-state index in [1.807, 2.05) is 0 Å². The molecule has 1 fully saturated rings. The van der Waals surface area contributed by atoms with Crippen molar-refractivity contribution in [2.75, 3.05) is 20.2 Å². The van der Waals surface area contributed by atoms with E-state index in [9.17, 15) is 12.8 Å². The second-order valence-corrected chi connectivity index (χ2v) is 6.37. The molecule has 0 spiro atoms. The molecule has 1 aliphatic rings. The molecule has 1 aromatic rings. The number of halogens is 1. The highest BCUT2D eigenvalue weighted by Gasteiger charge is 2.43. The van der Waals surface area contributed by atoms with Crippen molar-refractivity contribution < 1.29 is 17.6 Å². The van der Waals surface area contributed by atoms with Gasteiger partial charge < -0.3 is 0 Å². The van der Waals surface area contributed by atoms with Gasteiger partial charge in [-0.3, -0.25) is 4.84 Å². The van der Waals surface area contributed by atoms with Gasteiger partial charge >= 0.3 is 0 Å². The lowest BCUT2D eigenvalue weighted by molar-refractivity contribution is -0.111. The highest BCUT2D eigenvalue weighted by atomic mass is 32.2. The number of sulfonamides is 1. The molecule has 1 aliphatic heterocycles. The minimum absolute atomic E-state index is 0.0187. The minimum atomic E-state index is -3.54. The zero-order chi connectivity index (χ0) is 14.0. The Labute approximate surface area is 112 Å². The molecule has 2 atom stereocenters. The fraction of sp³-hybridized carbons (Fsp3) is 0.500. The maximum atomic E-state index is 13.9. The molecule has 106 valence electrons. The summed E-state index contributed by atoms with van der Waals surface area (Å²) in [7, 11) is -1.93. The van der Waals surface area contributed by atoms with Crippen molar-refractivity contribution in [3.8, 4) is 0 Å². The third-order valence-corrected chi connectivity index (χ3v) is 5.04. The second kappa shape index (κ2) is 5.54. The Morgan fingerprint density at radius 3 is 2.79 bits per heavy atom. The summed E-state index contributed by atoms with van der Waals surface area (Å²) in [4.78, 5) is 5.27. The first-order chi connectivity index (χ1) is 8.97. The molecular weight excluding hydrogens is 271 g/mol. The number of hydroxylamine groups is 2. The molecule has 0 saturated carbocycles. The lowest BCUT2D eigenvalue weighted by Crippen LogP contribution is -2.39. The van der Waals surface area contributed by atoms with Gasteiger partial charge in [0.2, 0.25) is 10.0 Å². The van der Waals surface area contributed by atoms with E-state index >= 15 is 0 Å². The average Bonchev–Trinajstić information content (AvgIpc) is 2.72. The SMILES string of the molecule is CCNS(=O)(=O)C1CON(C)C1c1ccccc1F. The maximum absolute atomic E-state index is 13.9. The molecule has 0 aliphatic carbocycles. The van der Waals surface area contributed by atoms with E-state index in [2.05, 4.69) is 4.72 Å². The van der Waals surface area contributed by atoms with Crippen molar-refractivity contribution in [2.24, 2.45) is 0 Å². The number of benzene rings is 1. The summed E-state index contributed by atoms with van der Waals surface area (Å²) >= 11 is 0. The van der Waals surface area contributed by atoms with Gasteiger partial charge in [-0.2, -0.15) is 5.06 Å². The molecule has 0 radical (unpaired) electrons. The maximum Gasteiger partial charge on any atom is 0.218 e. The van der Waals surface area contributed by atoms with E-state index in [-0.39, 0.29) is 6.61 Å². The van der Waals surface area contributed by atoms with E-state index in [1.54, 1.807) is 32.2 Å². The van der Waals surface area contributed by atoms with E-state index in [1.165, 1.54) is 11.1 Å². The summed E-state index contributed by atoms with van der Waals surface area (Å²) in [5.74, 6) is -0.429. The van der Waals surface area contributed by atoms with Crippen LogP contribution >= 0.6 is 0 Å². The number of hydrogen-bond donors (Lipinski definition) is 1. The van der Waals surface area contributed by atoms with Crippen molar-refractivity contribution in [1.29, 1.82) is 0 Å². The Morgan fingerprint density at radius 2 is 2.16 bits per heavy atom. The van der Waals surface area contributed by atoms with E-state index < -0.39 is 27.1 Å². The van der Waals surface area contributed by atoms with Crippen LogP contribution in [0.25, 0.3) is 0 Å². The Morgan fingerprint density at radius 1 is 1.47 bits per heavy atom. The molecule has 2 rings (SSSR count). The van der Waals surface area contributed by atoms with Gasteiger partial charge in [-0.1, -0.05) is 25.1 Å². The highest BCUT2D eigenvalue weighted by molar-refractivity contribution is 7.90. The number of nitrogens with one attached hydrogen (secondary N) is 1. The first kappa shape index (κ1) is 14.4. The summed E-state index contributed by atoms with van der Waals surface area (Å²) in [6, 6.07) is 5.51. The smallest absolute Gasteiger partial charge is 0.218 e. The lowest BCUT2D eigenvalue weighted by atomic mass is 10.0. The van der Waals surface area contributed by atoms with Gasteiger partial charge in [0.1, 0.15) is 11.1 Å². The molecule has 7 heteroatoms. The molecule has 1 N–H and O–H groups in total. The van der Waals surface area contributed by atoms with E-state index in [4.69, 9.17) is 4.84 Å². The molecule has 19 heavy (non-hydrogen) atoms. The Kier molecular flexibility index (Phi) is 4.19. The molecule has 1 saturated heterocycles. The number of hydrogen-bond acceptors (Lipinski definition) is 4. The fourth-order valence-corrected chi connectivity index (χ4v) is 3.79. The predicted octanol–water partition coefficient (Wildman–Crippen LogP) is 1.05. The summed E-state index contributed by atoms with van der Waals surface area (Å²) in [6.07, 6.45) is 0. The molecule has 2 unspecified atom stereocenters. The van der Waals surface area contributed by atoms with Gasteiger partial charge in [0.05, 0.1) is 12.6 Å². The molecule has 1 aromatic carbocycles. The number of rotatable bonds is 4. The second-order valence-electron chi connectivity index (χ2n) is 4.39. The van der Waals surface area contributed by atoms with Crippen molar-refractivity contribution in [1.82, 2.24) is 9.79 Å². The Bertz CT molecular complexity index is 550. The molecule has 0 amide bonds. The molecule has 0 bridgehead atoms. The van der Waals surface area contributed by atoms with Gasteiger partial charge in [-0.25, -0.2) is 17.5 Å². The fourth-order valence-electron chi connectivity index (χ4n) is 2.28. The monoisotopic (exact) mass is 288 g/mol. The standard InChI is InChI=1S/C12H17FN2O3S/c1-3-14-19(16,17)11-8-18-15(2)12(11)9-6-4-5-7-10(9)13/h4-7,11-12,14H,3,8H2,1-2H3. The topological polar surface area (TPSA) is 58.6 Å². The normalized spacial score (nSPS) is 24.8. The van der Waals surface area contributed by atoms with Gasteiger partial charge in [-0.15, -0.1) is 0 Å². The van der Waals surface area contributed by atoms with Crippen LogP contribution in [0.2, 0.25) is 0 Å². The number of nitrogens with zero attached hydrogens (tertiary/aromatic N) is 1. The third kappa shape index (κ3) is 2.79. The van der Waals surface area contributed by atoms with Crippen LogP contribution < -0.4 is 4.72 Å². The van der Waals surface area contributed by atoms with Gasteiger partial charge in [0.25, 0.3) is 0 Å². The summed E-state index contributed by atoms with van der Waals surface area (Å²) in [5.41, 5.74) is 0.328. The first-order valence-electron chi connectivity index (χ1n) is 6.06. The van der Waals surface area contributed by atoms with Crippen LogP contribution in [0.4, 0.5) is 4.39 Å². The van der Waals surface area contributed by atoms with Gasteiger partial charge in [0.15, 0.2) is 0 Å². The summed E-state index contributed by atoms with van der Waals surface area (Å²) < 4.78 is 40.6. The van der Waals surface area contributed by atoms with Crippen molar-refractivity contribution in [3.63, 3.8) is 0 Å². The van der Waals surface area contributed by atoms with Crippen molar-refractivity contribution >= 4 is 10.0 Å². The Hall–Kier alpha value is -1.02. The predicted molar refractivity (Wildman–Crippen MR) is 69.2 cm³/mol. The van der Waals surface area contributed by atoms with Crippen LogP contribution in [-0.4, -0.2) is 38.9 Å². The molecular formula is C12H17FN2O3S. The average molecular weight is 288 g/mol. The molecule has 0 aromatic heterocycles. The largest absolute Gasteiger partial charge is 0.297 e. The van der Waals surface area contributed by atoms with Crippen LogP contribution in [0.5, 0.6) is 0 Å². The summed E-state index contributed by atoms with van der Waals surface area (Å²) in [6.45, 7) is 2.02. The third-order valence-electron chi connectivity index (χ3n) is 3.15. The molecule has 5 nitrogen and oxygen atoms in total. The summed E-state index contributed by atoms with van der Waals surface area (Å²) in [5, 5.41) is 0.576. The quantitative estimate of drug-likeness (QED) is 0.900. The Balaban J connectivity index is 2.39. The van der Waals surface area contributed by atoms with Gasteiger partial charge in [-0.05, 0) is 6.07 Å².